The normalized spacial score (nSPS) is 26.5. The molecule has 0 radical (unpaired) electrons. The third-order valence-corrected chi connectivity index (χ3v) is 4.34. The van der Waals surface area contributed by atoms with Crippen molar-refractivity contribution in [1.29, 1.82) is 0 Å². The maximum atomic E-state index is 12.4. The molecule has 1 aromatic rings. The quantitative estimate of drug-likeness (QED) is 0.862. The second-order valence-corrected chi connectivity index (χ2v) is 6.13. The van der Waals surface area contributed by atoms with Crippen LogP contribution in [0.25, 0.3) is 0 Å². The molecule has 2 atom stereocenters. The average molecular weight is 303 g/mol. The fourth-order valence-corrected chi connectivity index (χ4v) is 3.12. The summed E-state index contributed by atoms with van der Waals surface area (Å²) in [5.74, 6) is 0.0338. The number of rotatable bonds is 4. The number of hydrogen-bond acceptors (Lipinski definition) is 4. The van der Waals surface area contributed by atoms with Gasteiger partial charge in [-0.15, -0.1) is 0 Å². The van der Waals surface area contributed by atoms with Crippen LogP contribution in [0.3, 0.4) is 0 Å². The first-order valence-electron chi connectivity index (χ1n) is 8.20. The number of nitrogens with zero attached hydrogens (tertiary/aromatic N) is 1. The molecular weight excluding hydrogens is 278 g/mol. The summed E-state index contributed by atoms with van der Waals surface area (Å²) in [5, 5.41) is 6.44. The Morgan fingerprint density at radius 1 is 1.36 bits per heavy atom. The van der Waals surface area contributed by atoms with Gasteiger partial charge >= 0.3 is 0 Å². The molecule has 1 aromatic carbocycles. The minimum Gasteiger partial charge on any atom is -0.366 e. The first-order valence-corrected chi connectivity index (χ1v) is 8.20. The minimum absolute atomic E-state index is 0.0338. The number of amides is 1. The van der Waals surface area contributed by atoms with E-state index >= 15 is 0 Å². The van der Waals surface area contributed by atoms with Gasteiger partial charge in [0.05, 0.1) is 6.61 Å². The van der Waals surface area contributed by atoms with Crippen molar-refractivity contribution in [3.8, 4) is 0 Å². The van der Waals surface area contributed by atoms with Gasteiger partial charge in [0, 0.05) is 32.2 Å². The highest BCUT2D eigenvalue weighted by Gasteiger charge is 2.28. The van der Waals surface area contributed by atoms with Crippen LogP contribution in [-0.2, 0) is 16.1 Å². The molecule has 120 valence electrons. The summed E-state index contributed by atoms with van der Waals surface area (Å²) >= 11 is 0. The molecule has 3 rings (SSSR count). The van der Waals surface area contributed by atoms with E-state index in [2.05, 4.69) is 39.8 Å². The molecule has 2 aliphatic rings. The van der Waals surface area contributed by atoms with E-state index in [1.54, 1.807) is 0 Å². The Morgan fingerprint density at radius 2 is 2.23 bits per heavy atom. The van der Waals surface area contributed by atoms with E-state index in [1.165, 1.54) is 5.56 Å². The molecular formula is C17H25N3O2. The first kappa shape index (κ1) is 15.5. The number of nitrogens with one attached hydrogen (secondary N) is 2. The van der Waals surface area contributed by atoms with Crippen molar-refractivity contribution >= 4 is 5.91 Å². The van der Waals surface area contributed by atoms with E-state index in [0.717, 1.165) is 39.0 Å². The first-order chi connectivity index (χ1) is 10.8. The summed E-state index contributed by atoms with van der Waals surface area (Å²) in [4.78, 5) is 14.7. The molecule has 0 spiro atoms. The summed E-state index contributed by atoms with van der Waals surface area (Å²) in [6, 6.07) is 10.6. The molecule has 22 heavy (non-hydrogen) atoms. The third-order valence-electron chi connectivity index (χ3n) is 4.34. The zero-order valence-corrected chi connectivity index (χ0v) is 13.0. The van der Waals surface area contributed by atoms with Crippen molar-refractivity contribution in [1.82, 2.24) is 15.5 Å². The Bertz CT molecular complexity index is 474. The van der Waals surface area contributed by atoms with Crippen molar-refractivity contribution in [3.05, 3.63) is 35.9 Å². The maximum Gasteiger partial charge on any atom is 0.250 e. The summed E-state index contributed by atoms with van der Waals surface area (Å²) in [6.07, 6.45) is 1.83. The molecule has 2 saturated heterocycles. The van der Waals surface area contributed by atoms with Gasteiger partial charge in [-0.2, -0.15) is 0 Å². The predicted octanol–water partition coefficient (Wildman–Crippen LogP) is 0.756. The summed E-state index contributed by atoms with van der Waals surface area (Å²) in [5.41, 5.74) is 1.28. The molecule has 2 unspecified atom stereocenters. The van der Waals surface area contributed by atoms with Crippen LogP contribution in [0.2, 0.25) is 0 Å². The summed E-state index contributed by atoms with van der Waals surface area (Å²) in [6.45, 7) is 4.96. The van der Waals surface area contributed by atoms with Crippen molar-refractivity contribution in [3.63, 3.8) is 0 Å². The largest absolute Gasteiger partial charge is 0.366 e. The molecule has 1 amide bonds. The SMILES string of the molecule is O=C(NC1CCCNC1)C1CN(Cc2ccccc2)CCO1. The lowest BCUT2D eigenvalue weighted by Gasteiger charge is -2.33. The van der Waals surface area contributed by atoms with Crippen molar-refractivity contribution in [2.75, 3.05) is 32.8 Å². The zero-order valence-electron chi connectivity index (χ0n) is 13.0. The number of ether oxygens (including phenoxy) is 1. The molecule has 0 aromatic heterocycles. The number of hydrogen-bond donors (Lipinski definition) is 2. The average Bonchev–Trinajstić information content (AvgIpc) is 2.57. The van der Waals surface area contributed by atoms with Gasteiger partial charge in [-0.3, -0.25) is 9.69 Å². The van der Waals surface area contributed by atoms with Crippen molar-refractivity contribution < 1.29 is 9.53 Å². The topological polar surface area (TPSA) is 53.6 Å². The van der Waals surface area contributed by atoms with Gasteiger partial charge in [-0.05, 0) is 24.9 Å². The Balaban J connectivity index is 1.50. The fourth-order valence-electron chi connectivity index (χ4n) is 3.12. The van der Waals surface area contributed by atoms with Crippen LogP contribution in [-0.4, -0.2) is 55.7 Å². The van der Waals surface area contributed by atoms with Crippen molar-refractivity contribution in [2.24, 2.45) is 0 Å². The summed E-state index contributed by atoms with van der Waals surface area (Å²) < 4.78 is 5.68. The molecule has 0 bridgehead atoms. The highest BCUT2D eigenvalue weighted by molar-refractivity contribution is 5.81. The van der Waals surface area contributed by atoms with Crippen LogP contribution < -0.4 is 10.6 Å². The van der Waals surface area contributed by atoms with Gasteiger partial charge in [-0.1, -0.05) is 30.3 Å². The van der Waals surface area contributed by atoms with E-state index in [4.69, 9.17) is 4.74 Å². The third kappa shape index (κ3) is 4.29. The van der Waals surface area contributed by atoms with E-state index in [1.807, 2.05) is 6.07 Å². The van der Waals surface area contributed by atoms with Crippen LogP contribution in [0.4, 0.5) is 0 Å². The Kier molecular flexibility index (Phi) is 5.43. The Hall–Kier alpha value is -1.43. The fraction of sp³-hybridized carbons (Fsp3) is 0.588. The van der Waals surface area contributed by atoms with E-state index in [0.29, 0.717) is 13.2 Å². The van der Waals surface area contributed by atoms with Gasteiger partial charge < -0.3 is 15.4 Å². The van der Waals surface area contributed by atoms with Crippen LogP contribution in [0, 0.1) is 0 Å². The monoisotopic (exact) mass is 303 g/mol. The van der Waals surface area contributed by atoms with Gasteiger partial charge in [0.1, 0.15) is 6.10 Å². The smallest absolute Gasteiger partial charge is 0.250 e. The molecule has 0 saturated carbocycles. The lowest BCUT2D eigenvalue weighted by Crippen LogP contribution is -2.54. The number of piperidine rings is 1. The lowest BCUT2D eigenvalue weighted by molar-refractivity contribution is -0.139. The van der Waals surface area contributed by atoms with Crippen LogP contribution >= 0.6 is 0 Å². The molecule has 2 aliphatic heterocycles. The standard InChI is InChI=1S/C17H25N3O2/c21-17(19-15-7-4-8-18-11-15)16-13-20(9-10-22-16)12-14-5-2-1-3-6-14/h1-3,5-6,15-16,18H,4,7-13H2,(H,19,21). The number of carbonyl (C=O) groups excluding carboxylic acids is 1. The number of benzene rings is 1. The van der Waals surface area contributed by atoms with Crippen molar-refractivity contribution in [2.45, 2.75) is 31.5 Å². The van der Waals surface area contributed by atoms with Crippen LogP contribution in [0.15, 0.2) is 30.3 Å². The predicted molar refractivity (Wildman–Crippen MR) is 85.5 cm³/mol. The van der Waals surface area contributed by atoms with Gasteiger partial charge in [0.15, 0.2) is 0 Å². The summed E-state index contributed by atoms with van der Waals surface area (Å²) in [7, 11) is 0. The van der Waals surface area contributed by atoms with Gasteiger partial charge in [0.2, 0.25) is 0 Å². The van der Waals surface area contributed by atoms with Crippen LogP contribution in [0.1, 0.15) is 18.4 Å². The molecule has 2 fully saturated rings. The van der Waals surface area contributed by atoms with E-state index in [9.17, 15) is 4.79 Å². The maximum absolute atomic E-state index is 12.4. The molecule has 5 heteroatoms. The van der Waals surface area contributed by atoms with Gasteiger partial charge in [-0.25, -0.2) is 0 Å². The minimum atomic E-state index is -0.348. The lowest BCUT2D eigenvalue weighted by atomic mass is 10.1. The molecule has 0 aliphatic carbocycles. The second kappa shape index (κ2) is 7.72. The van der Waals surface area contributed by atoms with E-state index in [-0.39, 0.29) is 18.1 Å². The molecule has 2 N–H and O–H groups in total. The molecule has 5 nitrogen and oxygen atoms in total. The van der Waals surface area contributed by atoms with Gasteiger partial charge in [0.25, 0.3) is 5.91 Å². The van der Waals surface area contributed by atoms with Crippen LogP contribution in [0.5, 0.6) is 0 Å². The second-order valence-electron chi connectivity index (χ2n) is 6.13. The zero-order chi connectivity index (χ0) is 15.2. The number of carbonyl (C=O) groups is 1. The highest BCUT2D eigenvalue weighted by Crippen LogP contribution is 2.11. The van der Waals surface area contributed by atoms with E-state index < -0.39 is 0 Å². The Morgan fingerprint density at radius 3 is 3.00 bits per heavy atom. The number of morpholine rings is 1. The highest BCUT2D eigenvalue weighted by atomic mass is 16.5. The molecule has 2 heterocycles. The Labute approximate surface area is 132 Å².